The number of para-hydroxylation sites is 1. The number of hydrogen-bond donors (Lipinski definition) is 2. The lowest BCUT2D eigenvalue weighted by molar-refractivity contribution is -0.224. The van der Waals surface area contributed by atoms with Gasteiger partial charge < -0.3 is 29.4 Å². The second kappa shape index (κ2) is 9.49. The first kappa shape index (κ1) is 22.8. The monoisotopic (exact) mass is 433 g/mol. The zero-order valence-corrected chi connectivity index (χ0v) is 17.6. The molecule has 2 heterocycles. The van der Waals surface area contributed by atoms with Gasteiger partial charge in [0.2, 0.25) is 6.10 Å². The van der Waals surface area contributed by atoms with Crippen molar-refractivity contribution in [2.45, 2.75) is 50.6 Å². The summed E-state index contributed by atoms with van der Waals surface area (Å²) in [6, 6.07) is 7.21. The molecule has 1 spiro atoms. The van der Waals surface area contributed by atoms with E-state index in [1.165, 1.54) is 0 Å². The smallest absolute Gasteiger partial charge is 0.349 e. The number of carbonyl (C=O) groups excluding carboxylic acids is 2. The molecule has 0 aliphatic carbocycles. The Hall–Kier alpha value is -2.91. The van der Waals surface area contributed by atoms with E-state index in [0.717, 1.165) is 17.7 Å². The summed E-state index contributed by atoms with van der Waals surface area (Å²) >= 11 is 0. The number of piperidine rings is 1. The molecule has 0 amide bonds. The van der Waals surface area contributed by atoms with E-state index in [-0.39, 0.29) is 13.2 Å². The summed E-state index contributed by atoms with van der Waals surface area (Å²) in [7, 11) is 0. The van der Waals surface area contributed by atoms with E-state index in [1.54, 1.807) is 26.0 Å². The second-order valence-corrected chi connectivity index (χ2v) is 7.59. The molecule has 1 aromatic rings. The van der Waals surface area contributed by atoms with Gasteiger partial charge in [-0.25, -0.2) is 14.4 Å². The first-order valence-corrected chi connectivity index (χ1v) is 10.2. The van der Waals surface area contributed by atoms with E-state index >= 15 is 0 Å². The third-order valence-corrected chi connectivity index (χ3v) is 5.72. The highest BCUT2D eigenvalue weighted by Gasteiger charge is 2.61. The van der Waals surface area contributed by atoms with Crippen LogP contribution in [0.4, 0.5) is 0 Å². The Bertz CT molecular complexity index is 861. The first-order chi connectivity index (χ1) is 14.8. The number of esters is 2. The molecule has 9 heteroatoms. The van der Waals surface area contributed by atoms with Crippen LogP contribution in [-0.2, 0) is 35.2 Å². The molecule has 0 bridgehead atoms. The molecule has 1 aromatic carbocycles. The van der Waals surface area contributed by atoms with Crippen molar-refractivity contribution in [1.29, 1.82) is 0 Å². The summed E-state index contributed by atoms with van der Waals surface area (Å²) in [6.07, 6.45) is 0.996. The van der Waals surface area contributed by atoms with Crippen LogP contribution in [-0.4, -0.2) is 60.0 Å². The van der Waals surface area contributed by atoms with E-state index in [9.17, 15) is 19.5 Å². The van der Waals surface area contributed by atoms with Crippen LogP contribution in [0.1, 0.15) is 32.3 Å². The molecule has 0 radical (unpaired) electrons. The molecule has 1 saturated heterocycles. The Labute approximate surface area is 180 Å². The van der Waals surface area contributed by atoms with Crippen LogP contribution < -0.4 is 10.1 Å². The zero-order valence-electron chi connectivity index (χ0n) is 17.6. The Morgan fingerprint density at radius 2 is 1.87 bits per heavy atom. The van der Waals surface area contributed by atoms with Crippen molar-refractivity contribution < 1.29 is 38.4 Å². The number of carboxylic acids is 1. The molecule has 1 fully saturated rings. The van der Waals surface area contributed by atoms with Crippen molar-refractivity contribution in [2.24, 2.45) is 0 Å². The van der Waals surface area contributed by atoms with Crippen LogP contribution >= 0.6 is 0 Å². The van der Waals surface area contributed by atoms with E-state index in [4.69, 9.17) is 18.9 Å². The van der Waals surface area contributed by atoms with E-state index in [2.05, 4.69) is 5.32 Å². The molecule has 0 saturated carbocycles. The number of carbonyl (C=O) groups is 3. The van der Waals surface area contributed by atoms with Gasteiger partial charge in [-0.05, 0) is 45.8 Å². The lowest BCUT2D eigenvalue weighted by Gasteiger charge is -2.50. The molecule has 2 aliphatic rings. The van der Waals surface area contributed by atoms with Crippen molar-refractivity contribution >= 4 is 17.9 Å². The first-order valence-electron chi connectivity index (χ1n) is 10.2. The maximum atomic E-state index is 12.4. The minimum Gasteiger partial charge on any atom is -0.480 e. The molecule has 2 unspecified atom stereocenters. The largest absolute Gasteiger partial charge is 0.480 e. The maximum Gasteiger partial charge on any atom is 0.349 e. The van der Waals surface area contributed by atoms with Crippen LogP contribution in [0.25, 0.3) is 0 Å². The summed E-state index contributed by atoms with van der Waals surface area (Å²) in [4.78, 5) is 36.1. The summed E-state index contributed by atoms with van der Waals surface area (Å²) in [5.74, 6) is -2.62. The highest BCUT2D eigenvalue weighted by molar-refractivity contribution is 5.92. The number of carboxylic acid groups (broad SMARTS) is 1. The molecule has 2 atom stereocenters. The minimum absolute atomic E-state index is 0.148. The van der Waals surface area contributed by atoms with Gasteiger partial charge in [0.05, 0.1) is 13.2 Å². The SMILES string of the molecule is CCOC(=O)/C=C\C(=O)OC(C(=O)O)C1(C)Oc2ccccc2COC12CCNCC2. The number of nitrogens with one attached hydrogen (secondary N) is 1. The Kier molecular flexibility index (Phi) is 6.97. The number of aliphatic carboxylic acids is 1. The summed E-state index contributed by atoms with van der Waals surface area (Å²) in [6.45, 7) is 4.81. The third-order valence-electron chi connectivity index (χ3n) is 5.72. The average Bonchev–Trinajstić information content (AvgIpc) is 2.86. The van der Waals surface area contributed by atoms with E-state index in [0.29, 0.717) is 31.7 Å². The van der Waals surface area contributed by atoms with E-state index < -0.39 is 35.2 Å². The van der Waals surface area contributed by atoms with Gasteiger partial charge in [-0.2, -0.15) is 0 Å². The van der Waals surface area contributed by atoms with Gasteiger partial charge in [0.1, 0.15) is 11.4 Å². The number of fused-ring (bicyclic) bond motifs is 1. The van der Waals surface area contributed by atoms with Gasteiger partial charge in [-0.1, -0.05) is 18.2 Å². The molecule has 31 heavy (non-hydrogen) atoms. The predicted molar refractivity (Wildman–Crippen MR) is 108 cm³/mol. The van der Waals surface area contributed by atoms with Crippen LogP contribution in [0.3, 0.4) is 0 Å². The number of rotatable bonds is 6. The Morgan fingerprint density at radius 3 is 2.55 bits per heavy atom. The lowest BCUT2D eigenvalue weighted by atomic mass is 9.73. The van der Waals surface area contributed by atoms with Crippen LogP contribution in [0, 0.1) is 0 Å². The zero-order chi connectivity index (χ0) is 22.5. The van der Waals surface area contributed by atoms with Crippen molar-refractivity contribution in [3.05, 3.63) is 42.0 Å². The molecule has 9 nitrogen and oxygen atoms in total. The predicted octanol–water partition coefficient (Wildman–Crippen LogP) is 1.59. The van der Waals surface area contributed by atoms with Crippen molar-refractivity contribution in [3.63, 3.8) is 0 Å². The Balaban J connectivity index is 1.96. The van der Waals surface area contributed by atoms with Crippen LogP contribution in [0.15, 0.2) is 36.4 Å². The van der Waals surface area contributed by atoms with Gasteiger partial charge >= 0.3 is 17.9 Å². The fraction of sp³-hybridized carbons (Fsp3) is 0.500. The lowest BCUT2D eigenvalue weighted by Crippen LogP contribution is -2.68. The van der Waals surface area contributed by atoms with Crippen LogP contribution in [0.5, 0.6) is 5.75 Å². The Morgan fingerprint density at radius 1 is 1.19 bits per heavy atom. The van der Waals surface area contributed by atoms with Gasteiger partial charge in [-0.15, -0.1) is 0 Å². The van der Waals surface area contributed by atoms with Crippen molar-refractivity contribution in [3.8, 4) is 5.75 Å². The number of benzene rings is 1. The summed E-state index contributed by atoms with van der Waals surface area (Å²) in [5.41, 5.74) is -1.76. The van der Waals surface area contributed by atoms with Gasteiger partial charge in [-0.3, -0.25) is 0 Å². The van der Waals surface area contributed by atoms with Gasteiger partial charge in [0, 0.05) is 17.7 Å². The van der Waals surface area contributed by atoms with Crippen molar-refractivity contribution in [1.82, 2.24) is 5.32 Å². The number of ether oxygens (including phenoxy) is 4. The molecule has 2 aliphatic heterocycles. The average molecular weight is 433 g/mol. The molecule has 2 N–H and O–H groups in total. The molecule has 168 valence electrons. The quantitative estimate of drug-likeness (QED) is 0.509. The summed E-state index contributed by atoms with van der Waals surface area (Å²) < 4.78 is 22.7. The normalized spacial score (nSPS) is 23.3. The molecular weight excluding hydrogens is 406 g/mol. The standard InChI is InChI=1S/C22H27NO8/c1-3-28-17(24)8-9-18(25)30-19(20(26)27)21(2)22(10-12-23-13-11-22)29-14-15-6-4-5-7-16(15)31-21/h4-9,19,23H,3,10-14H2,1-2H3,(H,26,27)/b9-8-. The van der Waals surface area contributed by atoms with E-state index in [1.807, 2.05) is 12.1 Å². The minimum atomic E-state index is -1.68. The summed E-state index contributed by atoms with van der Waals surface area (Å²) in [5, 5.41) is 13.2. The van der Waals surface area contributed by atoms with Gasteiger partial charge in [0.15, 0.2) is 5.60 Å². The molecule has 3 rings (SSSR count). The third kappa shape index (κ3) is 4.72. The maximum absolute atomic E-state index is 12.4. The number of hydrogen-bond acceptors (Lipinski definition) is 8. The topological polar surface area (TPSA) is 120 Å². The molecular formula is C22H27NO8. The van der Waals surface area contributed by atoms with Gasteiger partial charge in [0.25, 0.3) is 0 Å². The second-order valence-electron chi connectivity index (χ2n) is 7.59. The van der Waals surface area contributed by atoms with Crippen LogP contribution in [0.2, 0.25) is 0 Å². The highest BCUT2D eigenvalue weighted by atomic mass is 16.6. The molecule has 0 aromatic heterocycles. The van der Waals surface area contributed by atoms with Crippen molar-refractivity contribution in [2.75, 3.05) is 19.7 Å². The highest BCUT2D eigenvalue weighted by Crippen LogP contribution is 2.45. The fourth-order valence-corrected chi connectivity index (χ4v) is 4.05. The fourth-order valence-electron chi connectivity index (χ4n) is 4.05.